The number of rotatable bonds is 4. The van der Waals surface area contributed by atoms with Crippen LogP contribution < -0.4 is 5.73 Å². The lowest BCUT2D eigenvalue weighted by atomic mass is 9.79. The van der Waals surface area contributed by atoms with Crippen LogP contribution in [0.15, 0.2) is 24.3 Å². The molecule has 3 nitrogen and oxygen atoms in total. The number of ether oxygens (including phenoxy) is 1. The normalized spacial score (nSPS) is 14.2. The minimum Gasteiger partial charge on any atom is -0.465 e. The third-order valence-corrected chi connectivity index (χ3v) is 2.99. The van der Waals surface area contributed by atoms with Gasteiger partial charge in [-0.15, -0.1) is 0 Å². The highest BCUT2D eigenvalue weighted by atomic mass is 16.5. The van der Waals surface area contributed by atoms with E-state index in [0.29, 0.717) is 18.7 Å². The van der Waals surface area contributed by atoms with Gasteiger partial charge in [-0.05, 0) is 31.9 Å². The molecule has 1 rings (SSSR count). The van der Waals surface area contributed by atoms with E-state index in [1.807, 2.05) is 45.0 Å². The largest absolute Gasteiger partial charge is 0.465 e. The van der Waals surface area contributed by atoms with Crippen LogP contribution in [0.5, 0.6) is 0 Å². The van der Waals surface area contributed by atoms with Crippen LogP contribution in [0.1, 0.15) is 32.8 Å². The number of benzene rings is 1. The molecule has 0 amide bonds. The van der Waals surface area contributed by atoms with Crippen molar-refractivity contribution in [2.24, 2.45) is 0 Å². The highest BCUT2D eigenvalue weighted by Gasteiger charge is 2.36. The molecule has 0 aromatic heterocycles. The smallest absolute Gasteiger partial charge is 0.316 e. The molecule has 0 saturated heterocycles. The predicted octanol–water partition coefficient (Wildman–Crippen LogP) is 2.50. The molecule has 0 spiro atoms. The maximum atomic E-state index is 12.0. The lowest BCUT2D eigenvalue weighted by molar-refractivity contribution is -0.149. The van der Waals surface area contributed by atoms with Gasteiger partial charge in [0.15, 0.2) is 0 Å². The second-order valence-corrected chi connectivity index (χ2v) is 3.99. The highest BCUT2D eigenvalue weighted by Crippen LogP contribution is 2.32. The Labute approximate surface area is 96.6 Å². The molecular weight excluding hydrogens is 202 g/mol. The molecule has 3 heteroatoms. The summed E-state index contributed by atoms with van der Waals surface area (Å²) in [5.41, 5.74) is 6.74. The second kappa shape index (κ2) is 5.01. The molecule has 0 radical (unpaired) electrons. The Hall–Kier alpha value is -1.51. The maximum Gasteiger partial charge on any atom is 0.316 e. The highest BCUT2D eigenvalue weighted by molar-refractivity contribution is 5.84. The van der Waals surface area contributed by atoms with Gasteiger partial charge in [0.25, 0.3) is 0 Å². The van der Waals surface area contributed by atoms with Crippen LogP contribution in [0.25, 0.3) is 0 Å². The van der Waals surface area contributed by atoms with E-state index in [1.54, 1.807) is 0 Å². The van der Waals surface area contributed by atoms with Gasteiger partial charge in [0, 0.05) is 5.69 Å². The van der Waals surface area contributed by atoms with Gasteiger partial charge in [-0.25, -0.2) is 0 Å². The van der Waals surface area contributed by atoms with Gasteiger partial charge in [0.05, 0.1) is 12.0 Å². The lowest BCUT2D eigenvalue weighted by Gasteiger charge is -2.27. The molecular formula is C13H19NO2. The van der Waals surface area contributed by atoms with Gasteiger partial charge in [0.1, 0.15) is 0 Å². The first kappa shape index (κ1) is 12.6. The summed E-state index contributed by atoms with van der Waals surface area (Å²) in [6.07, 6.45) is 0.667. The zero-order valence-electron chi connectivity index (χ0n) is 10.1. The van der Waals surface area contributed by atoms with Crippen molar-refractivity contribution in [3.8, 4) is 0 Å². The zero-order valence-corrected chi connectivity index (χ0v) is 10.1. The monoisotopic (exact) mass is 221 g/mol. The van der Waals surface area contributed by atoms with Crippen LogP contribution in [0.4, 0.5) is 5.69 Å². The third kappa shape index (κ3) is 2.18. The van der Waals surface area contributed by atoms with Crippen LogP contribution >= 0.6 is 0 Å². The van der Waals surface area contributed by atoms with Gasteiger partial charge in [-0.3, -0.25) is 4.79 Å². The first-order valence-electron chi connectivity index (χ1n) is 5.58. The average molecular weight is 221 g/mol. The number of anilines is 1. The Morgan fingerprint density at radius 2 is 2.00 bits per heavy atom. The van der Waals surface area contributed by atoms with E-state index in [-0.39, 0.29) is 5.97 Å². The van der Waals surface area contributed by atoms with Crippen LogP contribution in [0.3, 0.4) is 0 Å². The molecule has 1 unspecified atom stereocenters. The fourth-order valence-corrected chi connectivity index (χ4v) is 1.73. The van der Waals surface area contributed by atoms with Crippen molar-refractivity contribution in [1.82, 2.24) is 0 Å². The standard InChI is InChI=1S/C13H19NO2/c1-4-13(3,12(15)16-5-2)10-8-6-7-9-11(10)14/h6-9H,4-5,14H2,1-3H3. The van der Waals surface area contributed by atoms with Crippen molar-refractivity contribution < 1.29 is 9.53 Å². The molecule has 1 atom stereocenters. The van der Waals surface area contributed by atoms with Crippen LogP contribution in [0, 0.1) is 0 Å². The summed E-state index contributed by atoms with van der Waals surface area (Å²) in [5, 5.41) is 0. The Balaban J connectivity index is 3.14. The van der Waals surface area contributed by atoms with E-state index in [9.17, 15) is 4.79 Å². The molecule has 1 aromatic rings. The molecule has 88 valence electrons. The molecule has 1 aromatic carbocycles. The Kier molecular flexibility index (Phi) is 3.93. The quantitative estimate of drug-likeness (QED) is 0.627. The maximum absolute atomic E-state index is 12.0. The van der Waals surface area contributed by atoms with Crippen molar-refractivity contribution >= 4 is 11.7 Å². The van der Waals surface area contributed by atoms with E-state index >= 15 is 0 Å². The van der Waals surface area contributed by atoms with E-state index in [4.69, 9.17) is 10.5 Å². The third-order valence-electron chi connectivity index (χ3n) is 2.99. The molecule has 0 bridgehead atoms. The van der Waals surface area contributed by atoms with Gasteiger partial charge in [0.2, 0.25) is 0 Å². The topological polar surface area (TPSA) is 52.3 Å². The van der Waals surface area contributed by atoms with Gasteiger partial charge in [-0.2, -0.15) is 0 Å². The molecule has 0 aliphatic heterocycles. The minimum atomic E-state index is -0.651. The summed E-state index contributed by atoms with van der Waals surface area (Å²) >= 11 is 0. The zero-order chi connectivity index (χ0) is 12.2. The number of carbonyl (C=O) groups excluding carboxylic acids is 1. The summed E-state index contributed by atoms with van der Waals surface area (Å²) in [4.78, 5) is 12.0. The number of nitrogen functional groups attached to an aromatic ring is 1. The number of carbonyl (C=O) groups is 1. The van der Waals surface area contributed by atoms with Crippen molar-refractivity contribution in [2.45, 2.75) is 32.6 Å². The van der Waals surface area contributed by atoms with Crippen molar-refractivity contribution in [3.05, 3.63) is 29.8 Å². The molecule has 2 N–H and O–H groups in total. The number of esters is 1. The molecule has 0 fully saturated rings. The predicted molar refractivity (Wildman–Crippen MR) is 65.1 cm³/mol. The summed E-state index contributed by atoms with van der Waals surface area (Å²) in [5.74, 6) is -0.213. The first-order valence-corrected chi connectivity index (χ1v) is 5.58. The molecule has 0 heterocycles. The fourth-order valence-electron chi connectivity index (χ4n) is 1.73. The summed E-state index contributed by atoms with van der Waals surface area (Å²) < 4.78 is 5.11. The van der Waals surface area contributed by atoms with Crippen molar-refractivity contribution in [2.75, 3.05) is 12.3 Å². The summed E-state index contributed by atoms with van der Waals surface area (Å²) in [6.45, 7) is 6.03. The molecule has 0 aliphatic rings. The van der Waals surface area contributed by atoms with E-state index in [2.05, 4.69) is 0 Å². The Morgan fingerprint density at radius 3 is 2.50 bits per heavy atom. The van der Waals surface area contributed by atoms with E-state index in [0.717, 1.165) is 5.56 Å². The molecule has 16 heavy (non-hydrogen) atoms. The van der Waals surface area contributed by atoms with Gasteiger partial charge < -0.3 is 10.5 Å². The van der Waals surface area contributed by atoms with E-state index < -0.39 is 5.41 Å². The first-order chi connectivity index (χ1) is 7.56. The summed E-state index contributed by atoms with van der Waals surface area (Å²) in [7, 11) is 0. The number of hydrogen-bond donors (Lipinski definition) is 1. The fraction of sp³-hybridized carbons (Fsp3) is 0.462. The number of nitrogens with two attached hydrogens (primary N) is 1. The second-order valence-electron chi connectivity index (χ2n) is 3.99. The van der Waals surface area contributed by atoms with Crippen molar-refractivity contribution in [1.29, 1.82) is 0 Å². The number of hydrogen-bond acceptors (Lipinski definition) is 3. The molecule has 0 saturated carbocycles. The summed E-state index contributed by atoms with van der Waals surface area (Å²) in [6, 6.07) is 7.44. The van der Waals surface area contributed by atoms with E-state index in [1.165, 1.54) is 0 Å². The van der Waals surface area contributed by atoms with Crippen molar-refractivity contribution in [3.63, 3.8) is 0 Å². The van der Waals surface area contributed by atoms with Crippen LogP contribution in [-0.4, -0.2) is 12.6 Å². The minimum absolute atomic E-state index is 0.213. The SMILES string of the molecule is CCOC(=O)C(C)(CC)c1ccccc1N. The van der Waals surface area contributed by atoms with Crippen LogP contribution in [-0.2, 0) is 14.9 Å². The Bertz CT molecular complexity index is 376. The number of para-hydroxylation sites is 1. The van der Waals surface area contributed by atoms with Gasteiger partial charge >= 0.3 is 5.97 Å². The van der Waals surface area contributed by atoms with Crippen LogP contribution in [0.2, 0.25) is 0 Å². The van der Waals surface area contributed by atoms with Gasteiger partial charge in [-0.1, -0.05) is 25.1 Å². The average Bonchev–Trinajstić information content (AvgIpc) is 2.29. The molecule has 0 aliphatic carbocycles. The Morgan fingerprint density at radius 1 is 1.38 bits per heavy atom. The lowest BCUT2D eigenvalue weighted by Crippen LogP contribution is -2.34.